The van der Waals surface area contributed by atoms with Crippen molar-refractivity contribution in [2.45, 2.75) is 52.1 Å². The van der Waals surface area contributed by atoms with E-state index in [1.807, 2.05) is 43.3 Å². The summed E-state index contributed by atoms with van der Waals surface area (Å²) in [4.78, 5) is 18.2. The van der Waals surface area contributed by atoms with Gasteiger partial charge in [-0.25, -0.2) is 0 Å². The monoisotopic (exact) mass is 502 g/mol. The van der Waals surface area contributed by atoms with E-state index in [9.17, 15) is 10.1 Å². The van der Waals surface area contributed by atoms with E-state index in [0.717, 1.165) is 47.5 Å². The third-order valence-corrected chi connectivity index (χ3v) is 7.17. The summed E-state index contributed by atoms with van der Waals surface area (Å²) in [6.45, 7) is 4.29. The van der Waals surface area contributed by atoms with Crippen LogP contribution in [0.25, 0.3) is 0 Å². The predicted octanol–water partition coefficient (Wildman–Crippen LogP) is 6.02. The molecule has 1 aliphatic carbocycles. The van der Waals surface area contributed by atoms with Crippen molar-refractivity contribution in [3.05, 3.63) is 58.8 Å². The van der Waals surface area contributed by atoms with Crippen molar-refractivity contribution in [3.63, 3.8) is 0 Å². The number of hydrogen-bond donors (Lipinski definition) is 0. The normalized spacial score (nSPS) is 21.0. The molecule has 3 atom stereocenters. The Morgan fingerprint density at radius 1 is 1.05 bits per heavy atom. The molecule has 0 aromatic heterocycles. The Balaban J connectivity index is 1.74. The molecule has 2 aromatic carbocycles. The third kappa shape index (κ3) is 5.34. The molecule has 4 rings (SSSR count). The van der Waals surface area contributed by atoms with Crippen molar-refractivity contribution in [2.75, 3.05) is 21.3 Å². The summed E-state index contributed by atoms with van der Waals surface area (Å²) in [7, 11) is 4.76. The summed E-state index contributed by atoms with van der Waals surface area (Å²) in [6, 6.07) is 13.7. The zero-order valence-corrected chi connectivity index (χ0v) is 22.2. The minimum Gasteiger partial charge on any atom is -0.497 e. The Morgan fingerprint density at radius 2 is 1.78 bits per heavy atom. The van der Waals surface area contributed by atoms with E-state index in [-0.39, 0.29) is 12.4 Å². The molecular weight excluding hydrogens is 468 g/mol. The van der Waals surface area contributed by atoms with E-state index in [4.69, 9.17) is 23.9 Å². The van der Waals surface area contributed by atoms with Gasteiger partial charge in [0.15, 0.2) is 17.3 Å². The molecule has 1 aliphatic heterocycles. The number of aliphatic imine (C=N–C) groups is 1. The van der Waals surface area contributed by atoms with Gasteiger partial charge < -0.3 is 18.9 Å². The second-order valence-electron chi connectivity index (χ2n) is 9.58. The topological polar surface area (TPSA) is 90.1 Å². The van der Waals surface area contributed by atoms with Crippen LogP contribution in [0.5, 0.6) is 23.0 Å². The first-order valence-corrected chi connectivity index (χ1v) is 12.7. The molecule has 37 heavy (non-hydrogen) atoms. The summed E-state index contributed by atoms with van der Waals surface area (Å²) >= 11 is 0. The number of carbonyl (C=O) groups is 1. The maximum atomic E-state index is 13.4. The highest BCUT2D eigenvalue weighted by Gasteiger charge is 2.41. The summed E-state index contributed by atoms with van der Waals surface area (Å²) in [5.74, 6) is 1.53. The fraction of sp³-hybridized carbons (Fsp3) is 0.433. The number of nitriles is 1. The first-order valence-electron chi connectivity index (χ1n) is 12.7. The van der Waals surface area contributed by atoms with Gasteiger partial charge in [0.25, 0.3) is 0 Å². The molecule has 0 saturated carbocycles. The number of ether oxygens (including phenoxy) is 4. The van der Waals surface area contributed by atoms with E-state index in [0.29, 0.717) is 35.2 Å². The minimum absolute atomic E-state index is 0.0810. The molecule has 7 heteroatoms. The van der Waals surface area contributed by atoms with Crippen molar-refractivity contribution >= 4 is 11.5 Å². The highest BCUT2D eigenvalue weighted by molar-refractivity contribution is 6.03. The highest BCUT2D eigenvalue weighted by Crippen LogP contribution is 2.48. The molecular formula is C30H34N2O5. The van der Waals surface area contributed by atoms with Gasteiger partial charge in [0, 0.05) is 29.3 Å². The van der Waals surface area contributed by atoms with E-state index >= 15 is 0 Å². The summed E-state index contributed by atoms with van der Waals surface area (Å²) in [5.41, 5.74) is 3.91. The van der Waals surface area contributed by atoms with Gasteiger partial charge in [-0.15, -0.1) is 0 Å². The van der Waals surface area contributed by atoms with Crippen molar-refractivity contribution < 1.29 is 23.7 Å². The Labute approximate surface area is 218 Å². The minimum atomic E-state index is -0.552. The molecule has 7 nitrogen and oxygen atoms in total. The Morgan fingerprint density at radius 3 is 2.41 bits per heavy atom. The number of Topliss-reactive ketones (excluding diaryl/α,β-unsaturated/α-hetero) is 1. The molecule has 1 heterocycles. The van der Waals surface area contributed by atoms with Gasteiger partial charge in [0.1, 0.15) is 12.4 Å². The van der Waals surface area contributed by atoms with Crippen LogP contribution in [-0.4, -0.2) is 32.8 Å². The van der Waals surface area contributed by atoms with Crippen molar-refractivity contribution in [1.82, 2.24) is 0 Å². The number of methoxy groups -OCH3 is 3. The van der Waals surface area contributed by atoms with Crippen LogP contribution in [0.2, 0.25) is 0 Å². The number of nitrogens with zero attached hydrogens (tertiary/aromatic N) is 2. The van der Waals surface area contributed by atoms with Gasteiger partial charge >= 0.3 is 0 Å². The lowest BCUT2D eigenvalue weighted by atomic mass is 9.70. The number of allylic oxidation sites excluding steroid dienone is 2. The van der Waals surface area contributed by atoms with Gasteiger partial charge in [0.2, 0.25) is 5.75 Å². The van der Waals surface area contributed by atoms with Gasteiger partial charge in [0.05, 0.1) is 33.3 Å². The SMILES string of the molecule is CCCC1CC(=O)C2=C(C1)N=C(C)C(C#N)C2c1cc(OC)c(OCc2cccc(OC)c2)c(OC)c1. The second-order valence-corrected chi connectivity index (χ2v) is 9.58. The van der Waals surface area contributed by atoms with Crippen LogP contribution in [0, 0.1) is 23.2 Å². The largest absolute Gasteiger partial charge is 0.497 e. The molecule has 0 amide bonds. The molecule has 0 fully saturated rings. The van der Waals surface area contributed by atoms with Crippen LogP contribution < -0.4 is 18.9 Å². The van der Waals surface area contributed by atoms with Gasteiger partial charge in [-0.3, -0.25) is 9.79 Å². The highest BCUT2D eigenvalue weighted by atomic mass is 16.5. The molecule has 0 N–H and O–H groups in total. The molecule has 2 aromatic rings. The average Bonchev–Trinajstić information content (AvgIpc) is 2.90. The van der Waals surface area contributed by atoms with Crippen LogP contribution in [-0.2, 0) is 11.4 Å². The van der Waals surface area contributed by atoms with Crippen LogP contribution in [0.4, 0.5) is 0 Å². The Kier molecular flexibility index (Phi) is 8.17. The molecule has 0 bridgehead atoms. The van der Waals surface area contributed by atoms with Crippen LogP contribution in [0.3, 0.4) is 0 Å². The first kappa shape index (κ1) is 26.3. The second kappa shape index (κ2) is 11.5. The molecule has 2 aliphatic rings. The fourth-order valence-corrected chi connectivity index (χ4v) is 5.42. The van der Waals surface area contributed by atoms with Crippen LogP contribution in [0.1, 0.15) is 56.6 Å². The van der Waals surface area contributed by atoms with Crippen molar-refractivity contribution in [3.8, 4) is 29.1 Å². The lowest BCUT2D eigenvalue weighted by Gasteiger charge is -2.35. The number of benzene rings is 2. The van der Waals surface area contributed by atoms with Gasteiger partial charge in [-0.2, -0.15) is 5.26 Å². The van der Waals surface area contributed by atoms with Gasteiger partial charge in [-0.1, -0.05) is 25.5 Å². The van der Waals surface area contributed by atoms with Crippen molar-refractivity contribution in [1.29, 1.82) is 5.26 Å². The molecule has 0 saturated heterocycles. The fourth-order valence-electron chi connectivity index (χ4n) is 5.42. The number of rotatable bonds is 9. The molecule has 0 spiro atoms. The van der Waals surface area contributed by atoms with E-state index < -0.39 is 11.8 Å². The predicted molar refractivity (Wildman–Crippen MR) is 141 cm³/mol. The first-order chi connectivity index (χ1) is 17.9. The van der Waals surface area contributed by atoms with Crippen LogP contribution >= 0.6 is 0 Å². The number of hydrogen-bond acceptors (Lipinski definition) is 7. The smallest absolute Gasteiger partial charge is 0.203 e. The Bertz CT molecular complexity index is 1250. The third-order valence-electron chi connectivity index (χ3n) is 7.17. The summed E-state index contributed by atoms with van der Waals surface area (Å²) < 4.78 is 22.9. The summed E-state index contributed by atoms with van der Waals surface area (Å²) in [6.07, 6.45) is 3.27. The quantitative estimate of drug-likeness (QED) is 0.416. The van der Waals surface area contributed by atoms with E-state index in [2.05, 4.69) is 13.0 Å². The Hall–Kier alpha value is -3.79. The number of ketones is 1. The standard InChI is InChI=1S/C30H34N2O5/c1-6-8-19-12-24-29(25(33)13-19)28(23(16-31)18(2)32-24)21-14-26(35-4)30(27(15-21)36-5)37-17-20-9-7-10-22(11-20)34-3/h7,9-11,14-15,19,23,28H,6,8,12-13,17H2,1-5H3. The lowest BCUT2D eigenvalue weighted by molar-refractivity contribution is -0.117. The van der Waals surface area contributed by atoms with E-state index in [1.54, 1.807) is 21.3 Å². The zero-order chi connectivity index (χ0) is 26.5. The maximum Gasteiger partial charge on any atom is 0.203 e. The zero-order valence-electron chi connectivity index (χ0n) is 22.2. The van der Waals surface area contributed by atoms with E-state index in [1.165, 1.54) is 0 Å². The summed E-state index contributed by atoms with van der Waals surface area (Å²) in [5, 5.41) is 10.1. The number of carbonyl (C=O) groups excluding carboxylic acids is 1. The van der Waals surface area contributed by atoms with Gasteiger partial charge in [-0.05, 0) is 61.1 Å². The van der Waals surface area contributed by atoms with Crippen LogP contribution in [0.15, 0.2) is 52.7 Å². The molecule has 0 radical (unpaired) electrons. The lowest BCUT2D eigenvalue weighted by Crippen LogP contribution is -2.32. The average molecular weight is 503 g/mol. The molecule has 3 unspecified atom stereocenters. The molecule has 194 valence electrons. The maximum absolute atomic E-state index is 13.4. The van der Waals surface area contributed by atoms with Crippen molar-refractivity contribution in [2.24, 2.45) is 16.8 Å².